The van der Waals surface area contributed by atoms with E-state index >= 15 is 0 Å². The van der Waals surface area contributed by atoms with Gasteiger partial charge in [0.05, 0.1) is 6.21 Å². The normalized spacial score (nSPS) is 10.9. The molecule has 0 radical (unpaired) electrons. The molecular weight excluding hydrogens is 326 g/mol. The monoisotopic (exact) mass is 339 g/mol. The number of hydrogen-bond donors (Lipinski definition) is 1. The zero-order chi connectivity index (χ0) is 16.8. The highest BCUT2D eigenvalue weighted by molar-refractivity contribution is 7.99. The SMILES string of the molecule is Cc1ccnc(Sc2ccc(/C=N\NC(=O)c3ccncc3)o2)n1. The number of hydrazone groups is 1. The summed E-state index contributed by atoms with van der Waals surface area (Å²) < 4.78 is 5.59. The number of amides is 1. The summed E-state index contributed by atoms with van der Waals surface area (Å²) in [5.74, 6) is 0.197. The Balaban J connectivity index is 1.58. The molecule has 0 aliphatic carbocycles. The second-order valence-electron chi connectivity index (χ2n) is 4.67. The van der Waals surface area contributed by atoms with Crippen LogP contribution in [0.2, 0.25) is 0 Å². The van der Waals surface area contributed by atoms with Crippen molar-refractivity contribution in [2.45, 2.75) is 17.2 Å². The number of pyridine rings is 1. The maximum absolute atomic E-state index is 11.8. The van der Waals surface area contributed by atoms with Crippen LogP contribution in [0.1, 0.15) is 21.8 Å². The largest absolute Gasteiger partial charge is 0.448 e. The van der Waals surface area contributed by atoms with Gasteiger partial charge in [-0.1, -0.05) is 0 Å². The molecule has 120 valence electrons. The Hall–Kier alpha value is -3.00. The molecule has 3 aromatic rings. The quantitative estimate of drug-likeness (QED) is 0.436. The Morgan fingerprint density at radius 3 is 2.83 bits per heavy atom. The smallest absolute Gasteiger partial charge is 0.271 e. The molecule has 0 saturated heterocycles. The van der Waals surface area contributed by atoms with E-state index in [1.807, 2.05) is 13.0 Å². The predicted octanol–water partition coefficient (Wildman–Crippen LogP) is 2.69. The summed E-state index contributed by atoms with van der Waals surface area (Å²) in [5, 5.41) is 5.12. The summed E-state index contributed by atoms with van der Waals surface area (Å²) in [6, 6.07) is 8.58. The van der Waals surface area contributed by atoms with Crippen LogP contribution in [0.4, 0.5) is 0 Å². The molecule has 24 heavy (non-hydrogen) atoms. The Bertz CT molecular complexity index is 864. The highest BCUT2D eigenvalue weighted by Crippen LogP contribution is 2.25. The summed E-state index contributed by atoms with van der Waals surface area (Å²) in [6.07, 6.45) is 6.22. The average molecular weight is 339 g/mol. The van der Waals surface area contributed by atoms with Crippen molar-refractivity contribution in [1.82, 2.24) is 20.4 Å². The summed E-state index contributed by atoms with van der Waals surface area (Å²) in [4.78, 5) is 24.1. The van der Waals surface area contributed by atoms with Crippen LogP contribution in [0.15, 0.2) is 68.7 Å². The van der Waals surface area contributed by atoms with Gasteiger partial charge >= 0.3 is 0 Å². The zero-order valence-electron chi connectivity index (χ0n) is 12.7. The van der Waals surface area contributed by atoms with Crippen molar-refractivity contribution in [2.75, 3.05) is 0 Å². The lowest BCUT2D eigenvalue weighted by Crippen LogP contribution is -2.17. The van der Waals surface area contributed by atoms with Gasteiger partial charge in [0, 0.05) is 29.8 Å². The van der Waals surface area contributed by atoms with Gasteiger partial charge in [0.2, 0.25) is 0 Å². The standard InChI is InChI=1S/C16H13N5O2S/c1-11-4-9-18-16(20-11)24-14-3-2-13(23-14)10-19-21-15(22)12-5-7-17-8-6-12/h2-10H,1H3,(H,21,22)/b19-10-. The lowest BCUT2D eigenvalue weighted by Gasteiger charge is -1.98. The molecule has 0 aliphatic heterocycles. The maximum atomic E-state index is 11.8. The van der Waals surface area contributed by atoms with E-state index < -0.39 is 0 Å². The third-order valence-corrected chi connectivity index (χ3v) is 3.67. The summed E-state index contributed by atoms with van der Waals surface area (Å²) in [6.45, 7) is 1.90. The van der Waals surface area contributed by atoms with Crippen molar-refractivity contribution in [2.24, 2.45) is 5.10 Å². The number of hydrogen-bond acceptors (Lipinski definition) is 7. The van der Waals surface area contributed by atoms with Crippen LogP contribution in [0, 0.1) is 6.92 Å². The van der Waals surface area contributed by atoms with Gasteiger partial charge in [0.25, 0.3) is 5.91 Å². The Morgan fingerprint density at radius 1 is 1.21 bits per heavy atom. The average Bonchev–Trinajstić information content (AvgIpc) is 3.03. The van der Waals surface area contributed by atoms with Crippen LogP contribution in [0.5, 0.6) is 0 Å². The maximum Gasteiger partial charge on any atom is 0.271 e. The van der Waals surface area contributed by atoms with Gasteiger partial charge in [0.15, 0.2) is 10.2 Å². The number of furan rings is 1. The van der Waals surface area contributed by atoms with Gasteiger partial charge in [-0.2, -0.15) is 5.10 Å². The van der Waals surface area contributed by atoms with E-state index in [4.69, 9.17) is 4.42 Å². The molecule has 0 unspecified atom stereocenters. The molecule has 3 aromatic heterocycles. The van der Waals surface area contributed by atoms with Gasteiger partial charge in [-0.15, -0.1) is 0 Å². The molecule has 0 aliphatic rings. The van der Waals surface area contributed by atoms with E-state index in [1.165, 1.54) is 18.0 Å². The van der Waals surface area contributed by atoms with Crippen molar-refractivity contribution in [1.29, 1.82) is 0 Å². The summed E-state index contributed by atoms with van der Waals surface area (Å²) in [5.41, 5.74) is 3.79. The van der Waals surface area contributed by atoms with Crippen molar-refractivity contribution in [3.63, 3.8) is 0 Å². The van der Waals surface area contributed by atoms with Gasteiger partial charge in [-0.25, -0.2) is 15.4 Å². The summed E-state index contributed by atoms with van der Waals surface area (Å²) >= 11 is 1.31. The van der Waals surface area contributed by atoms with Gasteiger partial charge in [0.1, 0.15) is 5.76 Å². The molecule has 0 saturated carbocycles. The molecule has 1 amide bonds. The minimum absolute atomic E-state index is 0.317. The minimum Gasteiger partial charge on any atom is -0.448 e. The first-order valence-corrected chi connectivity index (χ1v) is 7.83. The van der Waals surface area contributed by atoms with Crippen LogP contribution < -0.4 is 5.43 Å². The number of nitrogens with one attached hydrogen (secondary N) is 1. The van der Waals surface area contributed by atoms with Crippen molar-refractivity contribution in [3.05, 3.63) is 65.9 Å². The molecule has 1 N–H and O–H groups in total. The minimum atomic E-state index is -0.317. The Kier molecular flexibility index (Phi) is 4.97. The number of aryl methyl sites for hydroxylation is 1. The lowest BCUT2D eigenvalue weighted by molar-refractivity contribution is 0.0955. The first-order chi connectivity index (χ1) is 11.7. The van der Waals surface area contributed by atoms with Crippen molar-refractivity contribution >= 4 is 23.9 Å². The molecule has 3 heterocycles. The van der Waals surface area contributed by atoms with E-state index in [2.05, 4.69) is 25.5 Å². The van der Waals surface area contributed by atoms with E-state index in [0.717, 1.165) is 5.69 Å². The number of nitrogens with zero attached hydrogens (tertiary/aromatic N) is 4. The van der Waals surface area contributed by atoms with E-state index in [0.29, 0.717) is 21.6 Å². The molecule has 0 fully saturated rings. The molecule has 0 atom stereocenters. The second kappa shape index (κ2) is 7.51. The Labute approximate surface area is 142 Å². The molecule has 0 bridgehead atoms. The third kappa shape index (κ3) is 4.26. The van der Waals surface area contributed by atoms with E-state index in [-0.39, 0.29) is 5.91 Å². The summed E-state index contributed by atoms with van der Waals surface area (Å²) in [7, 11) is 0. The zero-order valence-corrected chi connectivity index (χ0v) is 13.5. The van der Waals surface area contributed by atoms with Crippen LogP contribution in [0.3, 0.4) is 0 Å². The fraction of sp³-hybridized carbons (Fsp3) is 0.0625. The van der Waals surface area contributed by atoms with E-state index in [1.54, 1.807) is 42.9 Å². The first-order valence-electron chi connectivity index (χ1n) is 7.01. The van der Waals surface area contributed by atoms with Gasteiger partial charge < -0.3 is 4.42 Å². The highest BCUT2D eigenvalue weighted by Gasteiger charge is 2.06. The fourth-order valence-corrected chi connectivity index (χ4v) is 2.50. The molecule has 8 heteroatoms. The Morgan fingerprint density at radius 2 is 2.04 bits per heavy atom. The first kappa shape index (κ1) is 15.9. The molecule has 0 spiro atoms. The molecule has 0 aromatic carbocycles. The van der Waals surface area contributed by atoms with Crippen LogP contribution in [0.25, 0.3) is 0 Å². The molecule has 3 rings (SSSR count). The van der Waals surface area contributed by atoms with Crippen LogP contribution in [-0.4, -0.2) is 27.1 Å². The number of rotatable bonds is 5. The highest BCUT2D eigenvalue weighted by atomic mass is 32.2. The van der Waals surface area contributed by atoms with Crippen molar-refractivity contribution < 1.29 is 9.21 Å². The van der Waals surface area contributed by atoms with E-state index in [9.17, 15) is 4.79 Å². The van der Waals surface area contributed by atoms with Gasteiger partial charge in [-0.3, -0.25) is 9.78 Å². The van der Waals surface area contributed by atoms with Gasteiger partial charge in [-0.05, 0) is 49.0 Å². The van der Waals surface area contributed by atoms with Crippen LogP contribution in [-0.2, 0) is 0 Å². The number of aromatic nitrogens is 3. The number of carbonyl (C=O) groups excluding carboxylic acids is 1. The number of carbonyl (C=O) groups is 1. The topological polar surface area (TPSA) is 93.3 Å². The third-order valence-electron chi connectivity index (χ3n) is 2.87. The van der Waals surface area contributed by atoms with Crippen LogP contribution >= 0.6 is 11.8 Å². The molecular formula is C16H13N5O2S. The predicted molar refractivity (Wildman–Crippen MR) is 88.9 cm³/mol. The second-order valence-corrected chi connectivity index (χ2v) is 5.65. The lowest BCUT2D eigenvalue weighted by atomic mass is 10.3. The van der Waals surface area contributed by atoms with Crippen molar-refractivity contribution in [3.8, 4) is 0 Å². The molecule has 7 nitrogen and oxygen atoms in total. The fourth-order valence-electron chi connectivity index (χ4n) is 1.75.